The van der Waals surface area contributed by atoms with Crippen LogP contribution < -0.4 is 10.2 Å². The van der Waals surface area contributed by atoms with Crippen LogP contribution in [0.5, 0.6) is 0 Å². The predicted octanol–water partition coefficient (Wildman–Crippen LogP) is 15.2. The van der Waals surface area contributed by atoms with E-state index in [1.807, 2.05) is 48.5 Å². The number of aromatic carboxylic acids is 2. The molecule has 4 aromatic carbocycles. The first-order valence-electron chi connectivity index (χ1n) is 25.9. The van der Waals surface area contributed by atoms with Gasteiger partial charge in [-0.15, -0.1) is 0 Å². The molecule has 0 fully saturated rings. The first-order chi connectivity index (χ1) is 30.4. The molecule has 0 amide bonds. The number of carbonyl (C=O) groups is 2. The first kappa shape index (κ1) is 57.0. The Morgan fingerprint density at radius 3 is 0.905 bits per heavy atom. The zero-order valence-electron chi connectivity index (χ0n) is 40.7. The number of carboxylic acids is 2. The van der Waals surface area contributed by atoms with Gasteiger partial charge in [0.2, 0.25) is 0 Å². The van der Waals surface area contributed by atoms with Gasteiger partial charge in [0, 0.05) is 11.1 Å². The summed E-state index contributed by atoms with van der Waals surface area (Å²) >= 11 is 0. The van der Waals surface area contributed by atoms with Gasteiger partial charge in [0.05, 0.1) is 11.9 Å². The van der Waals surface area contributed by atoms with Crippen LogP contribution in [0.1, 0.15) is 250 Å². The van der Waals surface area contributed by atoms with Crippen molar-refractivity contribution in [2.24, 2.45) is 0 Å². The Morgan fingerprint density at radius 2 is 0.619 bits per heavy atom. The van der Waals surface area contributed by atoms with Gasteiger partial charge in [0.1, 0.15) is 0 Å². The van der Waals surface area contributed by atoms with E-state index in [0.29, 0.717) is 11.1 Å². The molecule has 0 saturated carbocycles. The van der Waals surface area contributed by atoms with E-state index in [-0.39, 0.29) is 48.9 Å². The minimum absolute atomic E-state index is 0. The number of hydrogen-bond acceptors (Lipinski definition) is 4. The number of benzene rings is 4. The molecule has 0 spiro atoms. The van der Waals surface area contributed by atoms with E-state index in [2.05, 4.69) is 39.8 Å². The van der Waals surface area contributed by atoms with E-state index >= 15 is 0 Å². The number of unbranched alkanes of at least 4 members (excludes halogenated alkanes) is 24. The average Bonchev–Trinajstić information content (AvgIpc) is 3.27. The summed E-state index contributed by atoms with van der Waals surface area (Å²) in [5.74, 6) is -2.04. The van der Waals surface area contributed by atoms with Crippen LogP contribution in [0.4, 0.5) is 0 Å². The van der Waals surface area contributed by atoms with Crippen LogP contribution in [0.3, 0.4) is 0 Å². The summed E-state index contributed by atoms with van der Waals surface area (Å²) < 4.78 is 0. The van der Waals surface area contributed by atoms with Gasteiger partial charge in [-0.1, -0.05) is 242 Å². The fourth-order valence-electron chi connectivity index (χ4n) is 9.44. The van der Waals surface area contributed by atoms with Crippen molar-refractivity contribution in [3.05, 3.63) is 94.0 Å². The number of carboxylic acid groups (broad SMARTS) is 2. The molecule has 63 heavy (non-hydrogen) atoms. The molecule has 0 N–H and O–H groups in total. The normalized spacial score (nSPS) is 11.1. The minimum atomic E-state index is -1.02. The Bertz CT molecular complexity index is 1700. The van der Waals surface area contributed by atoms with Crippen LogP contribution in [0.25, 0.3) is 21.5 Å². The molecule has 4 aromatic rings. The van der Waals surface area contributed by atoms with Crippen molar-refractivity contribution in [1.82, 2.24) is 0 Å². The summed E-state index contributed by atoms with van der Waals surface area (Å²) in [6, 6.07) is 20.3. The topological polar surface area (TPSA) is 80.3 Å². The summed E-state index contributed by atoms with van der Waals surface area (Å²) in [5.41, 5.74) is 5.44. The van der Waals surface area contributed by atoms with Crippen LogP contribution in [0.2, 0.25) is 0 Å². The Morgan fingerprint density at radius 1 is 0.365 bits per heavy atom. The van der Waals surface area contributed by atoms with Gasteiger partial charge >= 0.3 is 48.9 Å². The number of rotatable bonds is 34. The smallest absolute Gasteiger partial charge is 0.545 e. The molecule has 0 aliphatic carbocycles. The van der Waals surface area contributed by atoms with Crippen molar-refractivity contribution in [2.45, 2.75) is 233 Å². The van der Waals surface area contributed by atoms with Crippen LogP contribution >= 0.6 is 0 Å². The van der Waals surface area contributed by atoms with Crippen LogP contribution in [0.15, 0.2) is 60.7 Å². The molecule has 0 unspecified atom stereocenters. The third-order valence-electron chi connectivity index (χ3n) is 13.1. The average molecular weight is 985 g/mol. The number of hydrogen-bond donors (Lipinski definition) is 0. The SMILES string of the molecule is CCCCCCCCCc1cc2ccccc2c(C(=O)[O-])c1CCCCCCCCC.CCCCCCCCCc1cc2ccccc2c(C(=O)[O-])c1CCCCCCCCC.[Ba+2]. The second-order valence-corrected chi connectivity index (χ2v) is 18.3. The molecule has 344 valence electrons. The standard InChI is InChI=1S/2C29H44O2.Ba/c2*1-3-5-7-9-11-13-15-19-24-23-25-20-17-18-22-27(25)28(29(30)31)26(24)21-16-14-12-10-8-6-4-2;/h2*17-18,20,22-23H,3-16,19,21H2,1-2H3,(H,30,31);/q;;+2/p-2. The van der Waals surface area contributed by atoms with Crippen molar-refractivity contribution >= 4 is 82.4 Å². The maximum absolute atomic E-state index is 12.2. The predicted molar refractivity (Wildman–Crippen MR) is 269 cm³/mol. The Balaban J connectivity index is 0.000000427. The summed E-state index contributed by atoms with van der Waals surface area (Å²) in [6.07, 6.45) is 38.9. The monoisotopic (exact) mass is 985 g/mol. The van der Waals surface area contributed by atoms with E-state index in [1.165, 1.54) is 165 Å². The van der Waals surface area contributed by atoms with Crippen molar-refractivity contribution in [2.75, 3.05) is 0 Å². The van der Waals surface area contributed by atoms with E-state index in [4.69, 9.17) is 0 Å². The molecule has 0 radical (unpaired) electrons. The zero-order chi connectivity index (χ0) is 44.6. The largest absolute Gasteiger partial charge is 2.00 e. The second kappa shape index (κ2) is 36.1. The van der Waals surface area contributed by atoms with Gasteiger partial charge in [0.15, 0.2) is 0 Å². The van der Waals surface area contributed by atoms with Gasteiger partial charge < -0.3 is 19.8 Å². The molecule has 4 nitrogen and oxygen atoms in total. The van der Waals surface area contributed by atoms with Crippen LogP contribution in [-0.2, 0) is 25.7 Å². The summed E-state index contributed by atoms with van der Waals surface area (Å²) in [4.78, 5) is 24.3. The molecule has 0 atom stereocenters. The third kappa shape index (κ3) is 21.8. The fraction of sp³-hybridized carbons (Fsp3) is 0.621. The molecular weight excluding hydrogens is 898 g/mol. The van der Waals surface area contributed by atoms with E-state index in [0.717, 1.165) is 84.0 Å². The third-order valence-corrected chi connectivity index (χ3v) is 13.1. The van der Waals surface area contributed by atoms with Crippen molar-refractivity contribution < 1.29 is 19.8 Å². The zero-order valence-corrected chi connectivity index (χ0v) is 45.2. The van der Waals surface area contributed by atoms with Gasteiger partial charge in [-0.25, -0.2) is 0 Å². The minimum Gasteiger partial charge on any atom is -0.545 e. The number of aryl methyl sites for hydroxylation is 2. The summed E-state index contributed by atoms with van der Waals surface area (Å²) in [5, 5.41) is 28.1. The van der Waals surface area contributed by atoms with E-state index < -0.39 is 11.9 Å². The summed E-state index contributed by atoms with van der Waals surface area (Å²) in [6.45, 7) is 8.99. The van der Waals surface area contributed by atoms with E-state index in [9.17, 15) is 19.8 Å². The molecule has 0 aliphatic rings. The van der Waals surface area contributed by atoms with Crippen molar-refractivity contribution in [3.63, 3.8) is 0 Å². The van der Waals surface area contributed by atoms with Crippen molar-refractivity contribution in [3.8, 4) is 0 Å². The summed E-state index contributed by atoms with van der Waals surface area (Å²) in [7, 11) is 0. The molecule has 0 heterocycles. The molecule has 5 heteroatoms. The molecule has 0 aliphatic heterocycles. The van der Waals surface area contributed by atoms with E-state index in [1.54, 1.807) is 0 Å². The van der Waals surface area contributed by atoms with Gasteiger partial charge in [-0.2, -0.15) is 0 Å². The molecule has 4 rings (SSSR count). The number of carbonyl (C=O) groups excluding carboxylic acids is 2. The van der Waals surface area contributed by atoms with Gasteiger partial charge in [0.25, 0.3) is 0 Å². The molecule has 0 bridgehead atoms. The van der Waals surface area contributed by atoms with Crippen molar-refractivity contribution in [1.29, 1.82) is 0 Å². The Hall–Kier alpha value is -2.09. The molecule has 0 saturated heterocycles. The molecular formula is C58H86BaO4. The Labute approximate surface area is 425 Å². The van der Waals surface area contributed by atoms with Crippen LogP contribution in [0, 0.1) is 0 Å². The Kier molecular flexibility index (Phi) is 32.7. The second-order valence-electron chi connectivity index (χ2n) is 18.3. The fourth-order valence-corrected chi connectivity index (χ4v) is 9.44. The molecule has 0 aromatic heterocycles. The quantitative estimate of drug-likeness (QED) is 0.0345. The van der Waals surface area contributed by atoms with Gasteiger partial charge in [-0.3, -0.25) is 0 Å². The number of fused-ring (bicyclic) bond motifs is 2. The maximum atomic E-state index is 12.2. The van der Waals surface area contributed by atoms with Gasteiger partial charge in [-0.05, 0) is 95.2 Å². The maximum Gasteiger partial charge on any atom is 2.00 e. The first-order valence-corrected chi connectivity index (χ1v) is 25.9. The van der Waals surface area contributed by atoms with Crippen LogP contribution in [-0.4, -0.2) is 60.8 Å².